The van der Waals surface area contributed by atoms with Crippen molar-refractivity contribution in [2.75, 3.05) is 97.3 Å². The summed E-state index contributed by atoms with van der Waals surface area (Å²) >= 11 is 0. The second-order valence-electron chi connectivity index (χ2n) is 8.77. The molecule has 2 aromatic carbocycles. The summed E-state index contributed by atoms with van der Waals surface area (Å²) in [4.78, 5) is 0. The van der Waals surface area contributed by atoms with Crippen LogP contribution in [-0.2, 0) is 42.6 Å². The zero-order valence-corrected chi connectivity index (χ0v) is 26.2. The van der Waals surface area contributed by atoms with E-state index in [-0.39, 0.29) is 64.6 Å². The van der Waals surface area contributed by atoms with Crippen LogP contribution in [0.4, 0.5) is 0 Å². The van der Waals surface area contributed by atoms with Crippen LogP contribution in [-0.4, -0.2) is 109 Å². The first-order chi connectivity index (χ1) is 21.5. The zero-order valence-electron chi connectivity index (χ0n) is 26.2. The van der Waals surface area contributed by atoms with Gasteiger partial charge in [0.15, 0.2) is 45.5 Å². The van der Waals surface area contributed by atoms with Gasteiger partial charge in [-0.3, -0.25) is 0 Å². The number of methoxy groups -OCH3 is 7. The van der Waals surface area contributed by atoms with Crippen LogP contribution in [0.1, 0.15) is 23.3 Å². The molecule has 250 valence electrons. The molecule has 0 bridgehead atoms. The third kappa shape index (κ3) is 11.5. The number of hydrogen-bond acceptors (Lipinski definition) is 15. The van der Waals surface area contributed by atoms with Crippen LogP contribution < -0.4 is 23.7 Å². The normalized spacial score (nSPS) is 13.3. The summed E-state index contributed by atoms with van der Waals surface area (Å²) in [5.74, 6) is 1.43. The summed E-state index contributed by atoms with van der Waals surface area (Å²) in [5, 5.41) is 12.0. The lowest BCUT2D eigenvalue weighted by atomic mass is 9.93. The summed E-state index contributed by atoms with van der Waals surface area (Å²) in [6, 6.07) is 8.20. The average Bonchev–Trinajstić information content (AvgIpc) is 3.04. The van der Waals surface area contributed by atoms with Gasteiger partial charge in [-0.1, -0.05) is 6.07 Å². The van der Waals surface area contributed by atoms with Crippen molar-refractivity contribution in [3.63, 3.8) is 0 Å². The van der Waals surface area contributed by atoms with E-state index in [1.54, 1.807) is 30.3 Å². The van der Waals surface area contributed by atoms with Gasteiger partial charge in [-0.2, -0.15) is 0 Å². The largest absolute Gasteiger partial charge is 0.467 e. The van der Waals surface area contributed by atoms with Crippen LogP contribution in [0.15, 0.2) is 30.3 Å². The number of benzene rings is 2. The molecule has 0 saturated carbocycles. The molecular formula is C29H44O15. The van der Waals surface area contributed by atoms with Crippen molar-refractivity contribution < 1.29 is 71.4 Å². The van der Waals surface area contributed by atoms with E-state index < -0.39 is 18.3 Å². The predicted molar refractivity (Wildman–Crippen MR) is 153 cm³/mol. The summed E-state index contributed by atoms with van der Waals surface area (Å²) < 4.78 is 76.7. The van der Waals surface area contributed by atoms with Crippen LogP contribution in [0.25, 0.3) is 0 Å². The van der Waals surface area contributed by atoms with Gasteiger partial charge in [0, 0.05) is 61.9 Å². The third-order valence-electron chi connectivity index (χ3n) is 5.70. The topological polar surface area (TPSA) is 149 Å². The van der Waals surface area contributed by atoms with Crippen molar-refractivity contribution in [3.05, 3.63) is 41.5 Å². The number of ether oxygens (including phenoxy) is 14. The molecule has 0 radical (unpaired) electrons. The number of aliphatic hydroxyl groups excluding tert-OH is 1. The van der Waals surface area contributed by atoms with Gasteiger partial charge in [0.2, 0.25) is 0 Å². The molecule has 0 saturated heterocycles. The van der Waals surface area contributed by atoms with E-state index in [9.17, 15) is 5.11 Å². The molecule has 0 aliphatic carbocycles. The van der Waals surface area contributed by atoms with E-state index in [4.69, 9.17) is 66.3 Å². The molecule has 15 heteroatoms. The Morgan fingerprint density at radius 3 is 1.48 bits per heavy atom. The lowest BCUT2D eigenvalue weighted by molar-refractivity contribution is -0.189. The van der Waals surface area contributed by atoms with Gasteiger partial charge in [0.05, 0.1) is 5.56 Å². The number of hydrogen-bond donors (Lipinski definition) is 1. The van der Waals surface area contributed by atoms with E-state index in [1.165, 1.54) is 49.8 Å². The molecule has 1 N–H and O–H groups in total. The Morgan fingerprint density at radius 2 is 0.955 bits per heavy atom. The van der Waals surface area contributed by atoms with Gasteiger partial charge in [-0.15, -0.1) is 0 Å². The smallest absolute Gasteiger partial charge is 0.188 e. The highest BCUT2D eigenvalue weighted by Crippen LogP contribution is 2.44. The van der Waals surface area contributed by atoms with E-state index >= 15 is 0 Å². The molecule has 1 unspecified atom stereocenters. The van der Waals surface area contributed by atoms with Crippen LogP contribution in [0, 0.1) is 0 Å². The maximum absolute atomic E-state index is 12.0. The molecule has 2 aromatic rings. The molecule has 0 aliphatic rings. The average molecular weight is 633 g/mol. The molecule has 0 amide bonds. The monoisotopic (exact) mass is 632 g/mol. The van der Waals surface area contributed by atoms with Crippen molar-refractivity contribution >= 4 is 0 Å². The second-order valence-corrected chi connectivity index (χ2v) is 8.77. The standard InChI is InChI=1S/C29H44O15/c1-31-13-38-21-11-24(41-16-34-4)26(25(12-21)42-17-35-5)27(30)29(44-19-37-7)28(43-18-36-6)20-8-9-22(39-14-32-2)23(10-20)40-15-33-3/h8-12,27-30H,13-19H2,1-7H3/t27?,28-,29-/m0/s1. The third-order valence-corrected chi connectivity index (χ3v) is 5.70. The van der Waals surface area contributed by atoms with E-state index in [0.717, 1.165) is 0 Å². The summed E-state index contributed by atoms with van der Waals surface area (Å²) in [5.41, 5.74) is 0.740. The minimum Gasteiger partial charge on any atom is -0.467 e. The summed E-state index contributed by atoms with van der Waals surface area (Å²) in [7, 11) is 10.3. The van der Waals surface area contributed by atoms with Gasteiger partial charge in [-0.05, 0) is 17.7 Å². The van der Waals surface area contributed by atoms with Crippen LogP contribution in [0.3, 0.4) is 0 Å². The van der Waals surface area contributed by atoms with Gasteiger partial charge >= 0.3 is 0 Å². The van der Waals surface area contributed by atoms with Crippen molar-refractivity contribution in [2.24, 2.45) is 0 Å². The molecule has 2 rings (SSSR count). The Labute approximate surface area is 257 Å². The van der Waals surface area contributed by atoms with Crippen LogP contribution in [0.5, 0.6) is 28.7 Å². The highest BCUT2D eigenvalue weighted by atomic mass is 16.7. The summed E-state index contributed by atoms with van der Waals surface area (Å²) in [6.07, 6.45) is -3.54. The molecule has 0 aromatic heterocycles. The lowest BCUT2D eigenvalue weighted by Crippen LogP contribution is -2.33. The first-order valence-corrected chi connectivity index (χ1v) is 13.3. The first kappa shape index (κ1) is 37.2. The van der Waals surface area contributed by atoms with Crippen molar-refractivity contribution in [1.29, 1.82) is 0 Å². The van der Waals surface area contributed by atoms with E-state index in [0.29, 0.717) is 22.8 Å². The fourth-order valence-corrected chi connectivity index (χ4v) is 3.92. The van der Waals surface area contributed by atoms with Gasteiger partial charge in [0.1, 0.15) is 49.1 Å². The van der Waals surface area contributed by atoms with Crippen molar-refractivity contribution in [3.8, 4) is 28.7 Å². The van der Waals surface area contributed by atoms with E-state index in [1.807, 2.05) is 0 Å². The molecule has 0 heterocycles. The lowest BCUT2D eigenvalue weighted by Gasteiger charge is -2.33. The molecular weight excluding hydrogens is 588 g/mol. The highest BCUT2D eigenvalue weighted by Gasteiger charge is 2.37. The fraction of sp³-hybridized carbons (Fsp3) is 0.586. The Hall–Kier alpha value is -2.96. The van der Waals surface area contributed by atoms with Crippen LogP contribution in [0.2, 0.25) is 0 Å². The predicted octanol–water partition coefficient (Wildman–Crippen LogP) is 2.98. The first-order valence-electron chi connectivity index (χ1n) is 13.3. The summed E-state index contributed by atoms with van der Waals surface area (Å²) in [6.45, 7) is -0.747. The molecule has 15 nitrogen and oxygen atoms in total. The molecule has 3 atom stereocenters. The highest BCUT2D eigenvalue weighted by molar-refractivity contribution is 5.53. The molecule has 0 spiro atoms. The number of rotatable bonds is 25. The van der Waals surface area contributed by atoms with Crippen molar-refractivity contribution in [1.82, 2.24) is 0 Å². The maximum Gasteiger partial charge on any atom is 0.188 e. The SMILES string of the molecule is COCOc1cc(OCOC)c(C(O)[C@H](OCOC)[C@@H](OCOC)c2ccc(OCOC)c(OCOC)c2)c(OCOC)c1. The van der Waals surface area contributed by atoms with Crippen LogP contribution >= 0.6 is 0 Å². The fourth-order valence-electron chi connectivity index (χ4n) is 3.92. The Morgan fingerprint density at radius 1 is 0.500 bits per heavy atom. The van der Waals surface area contributed by atoms with Crippen molar-refractivity contribution in [2.45, 2.75) is 18.3 Å². The second kappa shape index (κ2) is 21.7. The Balaban J connectivity index is 2.70. The molecule has 0 fully saturated rings. The molecule has 44 heavy (non-hydrogen) atoms. The quantitative estimate of drug-likeness (QED) is 0.160. The van der Waals surface area contributed by atoms with Gasteiger partial charge in [0.25, 0.3) is 0 Å². The van der Waals surface area contributed by atoms with Gasteiger partial charge < -0.3 is 71.4 Å². The van der Waals surface area contributed by atoms with E-state index in [2.05, 4.69) is 0 Å². The number of aliphatic hydroxyl groups is 1. The minimum absolute atomic E-state index is 0.0107. The zero-order chi connectivity index (χ0) is 32.2. The minimum atomic E-state index is -1.45. The molecule has 0 aliphatic heterocycles. The maximum atomic E-state index is 12.0. The Kier molecular flexibility index (Phi) is 18.4. The Bertz CT molecular complexity index is 1020. The van der Waals surface area contributed by atoms with Gasteiger partial charge in [-0.25, -0.2) is 0 Å².